The molecule has 0 spiro atoms. The SMILES string of the molecule is C/C(=C\COC([OH2+])C12CC1C(O)C(CO)C2O)CCCC(C)CCCC(C)C. The van der Waals surface area contributed by atoms with Crippen molar-refractivity contribution in [1.29, 1.82) is 0 Å². The molecule has 0 aliphatic heterocycles. The van der Waals surface area contributed by atoms with Gasteiger partial charge in [-0.2, -0.15) is 0 Å². The van der Waals surface area contributed by atoms with Crippen LogP contribution in [0.1, 0.15) is 72.6 Å². The third kappa shape index (κ3) is 5.57. The van der Waals surface area contributed by atoms with Crippen molar-refractivity contribution in [2.75, 3.05) is 13.2 Å². The molecule has 0 aromatic heterocycles. The summed E-state index contributed by atoms with van der Waals surface area (Å²) in [5.74, 6) is 0.910. The van der Waals surface area contributed by atoms with E-state index in [1.54, 1.807) is 0 Å². The zero-order valence-electron chi connectivity index (χ0n) is 18.2. The Hall–Kier alpha value is -0.460. The minimum atomic E-state index is -0.859. The Kier molecular flexibility index (Phi) is 8.96. The standard InChI is InChI=1S/C23H42O5/c1-15(2)7-5-8-16(3)9-6-10-17(4)11-12-28-22(27)23-13-19(23)20(25)18(14-24)21(23)26/h11,15-16,18-22,24-27H,5-10,12-14H2,1-4H3/p+1/b17-11+. The van der Waals surface area contributed by atoms with Crippen molar-refractivity contribution in [3.63, 3.8) is 0 Å². The van der Waals surface area contributed by atoms with Crippen LogP contribution in [-0.4, -0.2) is 52.1 Å². The Bertz CT molecular complexity index is 505. The first-order chi connectivity index (χ1) is 13.2. The smallest absolute Gasteiger partial charge is 0.272 e. The van der Waals surface area contributed by atoms with Crippen molar-refractivity contribution in [3.05, 3.63) is 11.6 Å². The average molecular weight is 400 g/mol. The molecule has 2 fully saturated rings. The van der Waals surface area contributed by atoms with Gasteiger partial charge in [0.15, 0.2) is 0 Å². The lowest BCUT2D eigenvalue weighted by molar-refractivity contribution is -0.167. The monoisotopic (exact) mass is 399 g/mol. The van der Waals surface area contributed by atoms with E-state index < -0.39 is 29.8 Å². The largest absolute Gasteiger partial charge is 0.421 e. The molecular formula is C23H43O5+. The van der Waals surface area contributed by atoms with Crippen LogP contribution in [0.5, 0.6) is 0 Å². The first kappa shape index (κ1) is 23.8. The van der Waals surface area contributed by atoms with Crippen molar-refractivity contribution < 1.29 is 25.2 Å². The molecule has 2 saturated carbocycles. The van der Waals surface area contributed by atoms with Crippen LogP contribution in [0.15, 0.2) is 11.6 Å². The van der Waals surface area contributed by atoms with Gasteiger partial charge >= 0.3 is 0 Å². The molecule has 0 amide bonds. The summed E-state index contributed by atoms with van der Waals surface area (Å²) in [6, 6.07) is 0. The van der Waals surface area contributed by atoms with E-state index in [0.29, 0.717) is 13.0 Å². The molecular weight excluding hydrogens is 356 g/mol. The van der Waals surface area contributed by atoms with Gasteiger partial charge in [0.1, 0.15) is 5.41 Å². The summed E-state index contributed by atoms with van der Waals surface area (Å²) in [5, 5.41) is 38.2. The Labute approximate surface area is 170 Å². The van der Waals surface area contributed by atoms with Gasteiger partial charge in [0.05, 0.1) is 25.4 Å². The first-order valence-corrected chi connectivity index (χ1v) is 11.2. The van der Waals surface area contributed by atoms with Crippen LogP contribution >= 0.6 is 0 Å². The van der Waals surface area contributed by atoms with Crippen LogP contribution in [-0.2, 0) is 4.74 Å². The van der Waals surface area contributed by atoms with Gasteiger partial charge in [-0.05, 0) is 38.0 Å². The van der Waals surface area contributed by atoms with Gasteiger partial charge in [0, 0.05) is 11.8 Å². The van der Waals surface area contributed by atoms with Gasteiger partial charge in [0.25, 0.3) is 6.29 Å². The van der Waals surface area contributed by atoms with Gasteiger partial charge in [0.2, 0.25) is 0 Å². The van der Waals surface area contributed by atoms with Crippen molar-refractivity contribution in [2.45, 2.75) is 91.1 Å². The van der Waals surface area contributed by atoms with E-state index in [1.807, 2.05) is 6.08 Å². The van der Waals surface area contributed by atoms with Crippen molar-refractivity contribution in [1.82, 2.24) is 0 Å². The van der Waals surface area contributed by atoms with Gasteiger partial charge in [-0.25, -0.2) is 0 Å². The van der Waals surface area contributed by atoms with E-state index in [1.165, 1.54) is 37.7 Å². The fourth-order valence-electron chi connectivity index (χ4n) is 4.94. The summed E-state index contributed by atoms with van der Waals surface area (Å²) in [6.45, 7) is 9.14. The number of allylic oxidation sites excluding steroid dienone is 1. The van der Waals surface area contributed by atoms with E-state index >= 15 is 0 Å². The Balaban J connectivity index is 1.65. The normalized spacial score (nSPS) is 34.5. The van der Waals surface area contributed by atoms with Crippen molar-refractivity contribution >= 4 is 0 Å². The zero-order valence-corrected chi connectivity index (χ0v) is 18.2. The molecule has 164 valence electrons. The van der Waals surface area contributed by atoms with Gasteiger partial charge in [-0.3, -0.25) is 0 Å². The van der Waals surface area contributed by atoms with E-state index in [4.69, 9.17) is 9.84 Å². The van der Waals surface area contributed by atoms with E-state index in [0.717, 1.165) is 18.3 Å². The van der Waals surface area contributed by atoms with Gasteiger partial charge in [-0.15, -0.1) is 0 Å². The molecule has 0 aromatic rings. The molecule has 0 saturated heterocycles. The molecule has 28 heavy (non-hydrogen) atoms. The summed E-state index contributed by atoms with van der Waals surface area (Å²) in [5.41, 5.74) is 0.589. The maximum Gasteiger partial charge on any atom is 0.272 e. The maximum atomic E-state index is 10.4. The molecule has 2 rings (SSSR count). The first-order valence-electron chi connectivity index (χ1n) is 11.2. The van der Waals surface area contributed by atoms with Gasteiger partial charge in [-0.1, -0.05) is 58.1 Å². The lowest BCUT2D eigenvalue weighted by Crippen LogP contribution is -2.39. The predicted molar refractivity (Wildman–Crippen MR) is 112 cm³/mol. The van der Waals surface area contributed by atoms with Gasteiger partial charge < -0.3 is 25.2 Å². The topological polar surface area (TPSA) is 92.8 Å². The number of fused-ring (bicyclic) bond motifs is 1. The summed E-state index contributed by atoms with van der Waals surface area (Å²) < 4.78 is 5.69. The third-order valence-corrected chi connectivity index (χ3v) is 7.05. The third-order valence-electron chi connectivity index (χ3n) is 7.05. The molecule has 0 bridgehead atoms. The van der Waals surface area contributed by atoms with Crippen LogP contribution in [0.4, 0.5) is 0 Å². The number of ether oxygens (including phenoxy) is 1. The second-order valence-electron chi connectivity index (χ2n) is 9.79. The van der Waals surface area contributed by atoms with E-state index in [-0.39, 0.29) is 12.5 Å². The summed E-state index contributed by atoms with van der Waals surface area (Å²) >= 11 is 0. The van der Waals surface area contributed by atoms with Crippen molar-refractivity contribution in [3.8, 4) is 0 Å². The highest BCUT2D eigenvalue weighted by molar-refractivity contribution is 5.20. The quantitative estimate of drug-likeness (QED) is 0.252. The molecule has 5 heteroatoms. The second-order valence-corrected chi connectivity index (χ2v) is 9.79. The molecule has 0 aromatic carbocycles. The lowest BCUT2D eigenvalue weighted by Gasteiger charge is -2.25. The predicted octanol–water partition coefficient (Wildman–Crippen LogP) is 2.98. The Morgan fingerprint density at radius 3 is 2.46 bits per heavy atom. The minimum absolute atomic E-state index is 0.121. The van der Waals surface area contributed by atoms with Crippen LogP contribution < -0.4 is 0 Å². The van der Waals surface area contributed by atoms with Crippen LogP contribution in [0, 0.1) is 29.1 Å². The average Bonchev–Trinajstić information content (AvgIpc) is 3.34. The molecule has 2 aliphatic rings. The number of aliphatic hydroxyl groups excluding tert-OH is 3. The second kappa shape index (κ2) is 10.5. The highest BCUT2D eigenvalue weighted by atomic mass is 16.6. The molecule has 5 nitrogen and oxygen atoms in total. The number of hydrogen-bond acceptors (Lipinski definition) is 4. The number of aliphatic hydroxyl groups is 3. The summed E-state index contributed by atoms with van der Waals surface area (Å²) in [4.78, 5) is 0. The summed E-state index contributed by atoms with van der Waals surface area (Å²) in [7, 11) is 0. The fraction of sp³-hybridized carbons (Fsp3) is 0.913. The number of hydrogen-bond donors (Lipinski definition) is 3. The highest BCUT2D eigenvalue weighted by Gasteiger charge is 2.76. The minimum Gasteiger partial charge on any atom is -0.421 e. The van der Waals surface area contributed by atoms with E-state index in [2.05, 4.69) is 27.7 Å². The van der Waals surface area contributed by atoms with Crippen LogP contribution in [0.2, 0.25) is 0 Å². The number of rotatable bonds is 13. The van der Waals surface area contributed by atoms with E-state index in [9.17, 15) is 15.3 Å². The van der Waals surface area contributed by atoms with Crippen LogP contribution in [0.25, 0.3) is 0 Å². The lowest BCUT2D eigenvalue weighted by atomic mass is 9.92. The van der Waals surface area contributed by atoms with Crippen LogP contribution in [0.3, 0.4) is 0 Å². The molecule has 7 unspecified atom stereocenters. The maximum absolute atomic E-state index is 10.4. The molecule has 5 N–H and O–H groups in total. The Morgan fingerprint density at radius 2 is 1.86 bits per heavy atom. The molecule has 7 atom stereocenters. The molecule has 0 radical (unpaired) electrons. The fourth-order valence-corrected chi connectivity index (χ4v) is 4.94. The molecule has 0 heterocycles. The zero-order chi connectivity index (χ0) is 20.9. The highest BCUT2D eigenvalue weighted by Crippen LogP contribution is 2.67. The summed E-state index contributed by atoms with van der Waals surface area (Å²) in [6.07, 6.45) is 7.67. The Morgan fingerprint density at radius 1 is 1.18 bits per heavy atom. The van der Waals surface area contributed by atoms with Crippen molar-refractivity contribution in [2.24, 2.45) is 29.1 Å². The molecule has 2 aliphatic carbocycles.